The highest BCUT2D eigenvalue weighted by molar-refractivity contribution is 5.99. The fourth-order valence-electron chi connectivity index (χ4n) is 5.82. The summed E-state index contributed by atoms with van der Waals surface area (Å²) in [6.07, 6.45) is -4.07. The van der Waals surface area contributed by atoms with Gasteiger partial charge in [0, 0.05) is 43.6 Å². The lowest BCUT2D eigenvalue weighted by atomic mass is 9.96. The summed E-state index contributed by atoms with van der Waals surface area (Å²) < 4.78 is 61.7. The van der Waals surface area contributed by atoms with Crippen molar-refractivity contribution in [3.05, 3.63) is 89.0 Å². The lowest BCUT2D eigenvalue weighted by Gasteiger charge is -2.44. The lowest BCUT2D eigenvalue weighted by Crippen LogP contribution is -2.59. The van der Waals surface area contributed by atoms with Crippen LogP contribution in [0.25, 0.3) is 0 Å². The van der Waals surface area contributed by atoms with Crippen molar-refractivity contribution in [2.24, 2.45) is 0 Å². The van der Waals surface area contributed by atoms with Crippen molar-refractivity contribution in [2.75, 3.05) is 41.0 Å². The van der Waals surface area contributed by atoms with Gasteiger partial charge in [0.15, 0.2) is 11.5 Å². The predicted molar refractivity (Wildman–Crippen MR) is 160 cm³/mol. The van der Waals surface area contributed by atoms with E-state index >= 15 is 0 Å². The average Bonchev–Trinajstić information content (AvgIpc) is 3.44. The molecular weight excluding hydrogens is 607 g/mol. The van der Waals surface area contributed by atoms with Crippen LogP contribution in [0.15, 0.2) is 66.7 Å². The SMILES string of the molecule is COc1ccc(C(=O)N2[C@@H](C(=O)NCc3cccc(C(F)(F)F)c3)COC23CCN(C(=O)c2ccc(OC)c(OC)c2)CC3)cc1. The first-order chi connectivity index (χ1) is 22.0. The maximum atomic E-state index is 14.0. The maximum absolute atomic E-state index is 14.0. The number of hydrogen-bond donors (Lipinski definition) is 1. The summed E-state index contributed by atoms with van der Waals surface area (Å²) in [4.78, 5) is 44.0. The highest BCUT2D eigenvalue weighted by Gasteiger charge is 2.54. The van der Waals surface area contributed by atoms with E-state index in [2.05, 4.69) is 5.32 Å². The van der Waals surface area contributed by atoms with Crippen LogP contribution in [0, 0.1) is 0 Å². The van der Waals surface area contributed by atoms with Gasteiger partial charge in [0.25, 0.3) is 11.8 Å². The Balaban J connectivity index is 1.36. The first kappa shape index (κ1) is 32.6. The molecule has 0 aliphatic carbocycles. The number of likely N-dealkylation sites (tertiary alicyclic amines) is 1. The molecule has 5 rings (SSSR count). The molecule has 2 aliphatic rings. The van der Waals surface area contributed by atoms with E-state index in [1.807, 2.05) is 0 Å². The molecule has 10 nitrogen and oxygen atoms in total. The number of methoxy groups -OCH3 is 3. The summed E-state index contributed by atoms with van der Waals surface area (Å²) in [5, 5.41) is 2.68. The molecule has 0 bridgehead atoms. The highest BCUT2D eigenvalue weighted by Crippen LogP contribution is 2.39. The number of nitrogens with one attached hydrogen (secondary N) is 1. The van der Waals surface area contributed by atoms with Crippen LogP contribution in [0.1, 0.15) is 44.7 Å². The fourth-order valence-corrected chi connectivity index (χ4v) is 5.82. The maximum Gasteiger partial charge on any atom is 0.416 e. The third kappa shape index (κ3) is 6.59. The first-order valence-electron chi connectivity index (χ1n) is 14.6. The molecule has 0 radical (unpaired) electrons. The smallest absolute Gasteiger partial charge is 0.416 e. The molecule has 13 heteroatoms. The lowest BCUT2D eigenvalue weighted by molar-refractivity contribution is -0.137. The number of nitrogens with zero attached hydrogens (tertiary/aromatic N) is 2. The van der Waals surface area contributed by atoms with Crippen LogP contribution in [0.5, 0.6) is 17.2 Å². The summed E-state index contributed by atoms with van der Waals surface area (Å²) in [6, 6.07) is 14.9. The van der Waals surface area contributed by atoms with E-state index in [4.69, 9.17) is 18.9 Å². The van der Waals surface area contributed by atoms with Gasteiger partial charge in [0.1, 0.15) is 17.5 Å². The van der Waals surface area contributed by atoms with Gasteiger partial charge in [-0.2, -0.15) is 13.2 Å². The number of carbonyl (C=O) groups is 3. The zero-order chi connectivity index (χ0) is 33.1. The molecule has 2 fully saturated rings. The second kappa shape index (κ2) is 13.3. The number of carbonyl (C=O) groups excluding carboxylic acids is 3. The number of ether oxygens (including phenoxy) is 4. The number of amides is 3. The Morgan fingerprint density at radius 2 is 1.54 bits per heavy atom. The first-order valence-corrected chi connectivity index (χ1v) is 14.6. The van der Waals surface area contributed by atoms with Crippen LogP contribution in [-0.4, -0.2) is 80.3 Å². The number of benzene rings is 3. The molecule has 1 N–H and O–H groups in total. The van der Waals surface area contributed by atoms with Crippen molar-refractivity contribution in [1.29, 1.82) is 0 Å². The number of piperidine rings is 1. The summed E-state index contributed by atoms with van der Waals surface area (Å²) in [6.45, 7) is 0.167. The topological polar surface area (TPSA) is 107 Å². The van der Waals surface area contributed by atoms with Crippen molar-refractivity contribution in [2.45, 2.75) is 37.3 Å². The molecule has 3 amide bonds. The molecule has 0 aromatic heterocycles. The Morgan fingerprint density at radius 1 is 0.870 bits per heavy atom. The van der Waals surface area contributed by atoms with Crippen molar-refractivity contribution in [1.82, 2.24) is 15.1 Å². The minimum atomic E-state index is -4.52. The number of rotatable bonds is 8. The normalized spacial score (nSPS) is 17.5. The van der Waals surface area contributed by atoms with E-state index in [1.165, 1.54) is 38.4 Å². The molecule has 1 spiro atoms. The van der Waals surface area contributed by atoms with Crippen LogP contribution in [-0.2, 0) is 22.3 Å². The average molecular weight is 642 g/mol. The van der Waals surface area contributed by atoms with Crippen molar-refractivity contribution >= 4 is 17.7 Å². The van der Waals surface area contributed by atoms with Gasteiger partial charge < -0.3 is 29.2 Å². The number of hydrogen-bond acceptors (Lipinski definition) is 7. The van der Waals surface area contributed by atoms with Gasteiger partial charge in [-0.3, -0.25) is 19.3 Å². The monoisotopic (exact) mass is 641 g/mol. The zero-order valence-electron chi connectivity index (χ0n) is 25.6. The Bertz CT molecular complexity index is 1590. The second-order valence-corrected chi connectivity index (χ2v) is 11.0. The van der Waals surface area contributed by atoms with Crippen LogP contribution in [0.4, 0.5) is 13.2 Å². The van der Waals surface area contributed by atoms with E-state index < -0.39 is 35.3 Å². The Hall–Kier alpha value is -4.78. The molecule has 0 saturated carbocycles. The summed E-state index contributed by atoms with van der Waals surface area (Å²) in [5.74, 6) is 0.176. The molecule has 2 heterocycles. The molecule has 0 unspecified atom stereocenters. The van der Waals surface area contributed by atoms with Gasteiger partial charge in [0.05, 0.1) is 33.5 Å². The van der Waals surface area contributed by atoms with Gasteiger partial charge in [-0.05, 0) is 60.2 Å². The van der Waals surface area contributed by atoms with E-state index in [9.17, 15) is 27.6 Å². The van der Waals surface area contributed by atoms with Gasteiger partial charge in [-0.25, -0.2) is 0 Å². The van der Waals surface area contributed by atoms with Crippen LogP contribution < -0.4 is 19.5 Å². The quantitative estimate of drug-likeness (QED) is 0.386. The number of alkyl halides is 3. The van der Waals surface area contributed by atoms with Crippen molar-refractivity contribution in [3.8, 4) is 17.2 Å². The third-order valence-electron chi connectivity index (χ3n) is 8.30. The zero-order valence-corrected chi connectivity index (χ0v) is 25.6. The van der Waals surface area contributed by atoms with Crippen LogP contribution in [0.3, 0.4) is 0 Å². The number of halogens is 3. The van der Waals surface area contributed by atoms with E-state index in [1.54, 1.807) is 47.4 Å². The summed E-state index contributed by atoms with van der Waals surface area (Å²) in [5.41, 5.74) is -1.06. The molecule has 1 atom stereocenters. The van der Waals surface area contributed by atoms with Gasteiger partial charge in [-0.1, -0.05) is 12.1 Å². The van der Waals surface area contributed by atoms with E-state index in [-0.39, 0.29) is 50.6 Å². The molecule has 46 heavy (non-hydrogen) atoms. The Labute approximate surface area is 264 Å². The molecule has 2 aliphatic heterocycles. The fraction of sp³-hybridized carbons (Fsp3) is 0.364. The highest BCUT2D eigenvalue weighted by atomic mass is 19.4. The standard InChI is InChI=1S/C33H34F3N3O7/c1-43-25-10-7-22(8-11-25)31(42)39-26(29(40)37-19-21-5-4-6-24(17-21)33(34,35)36)20-46-32(39)13-15-38(16-14-32)30(41)23-9-12-27(44-2)28(18-23)45-3/h4-12,17-18,26H,13-16,19-20H2,1-3H3,(H,37,40)/t26-/m1/s1. The third-order valence-corrected chi connectivity index (χ3v) is 8.30. The molecule has 244 valence electrons. The van der Waals surface area contributed by atoms with Gasteiger partial charge in [-0.15, -0.1) is 0 Å². The molecule has 3 aromatic carbocycles. The minimum absolute atomic E-state index is 0.125. The molecule has 3 aromatic rings. The van der Waals surface area contributed by atoms with Gasteiger partial charge >= 0.3 is 6.18 Å². The van der Waals surface area contributed by atoms with Crippen molar-refractivity contribution in [3.63, 3.8) is 0 Å². The van der Waals surface area contributed by atoms with E-state index in [0.717, 1.165) is 12.1 Å². The Morgan fingerprint density at radius 3 is 2.17 bits per heavy atom. The Kier molecular flexibility index (Phi) is 9.42. The van der Waals surface area contributed by atoms with Crippen LogP contribution >= 0.6 is 0 Å². The van der Waals surface area contributed by atoms with Crippen LogP contribution in [0.2, 0.25) is 0 Å². The summed E-state index contributed by atoms with van der Waals surface area (Å²) >= 11 is 0. The van der Waals surface area contributed by atoms with Crippen molar-refractivity contribution < 1.29 is 46.5 Å². The largest absolute Gasteiger partial charge is 0.497 e. The molecular formula is C33H34F3N3O7. The molecule has 2 saturated heterocycles. The van der Waals surface area contributed by atoms with E-state index in [0.29, 0.717) is 28.4 Å². The summed E-state index contributed by atoms with van der Waals surface area (Å²) in [7, 11) is 4.49. The second-order valence-electron chi connectivity index (χ2n) is 11.0. The minimum Gasteiger partial charge on any atom is -0.497 e. The van der Waals surface area contributed by atoms with Gasteiger partial charge in [0.2, 0.25) is 5.91 Å². The predicted octanol–water partition coefficient (Wildman–Crippen LogP) is 4.52.